The van der Waals surface area contributed by atoms with Gasteiger partial charge in [0.2, 0.25) is 0 Å². The van der Waals surface area contributed by atoms with E-state index in [2.05, 4.69) is 4.98 Å². The number of benzene rings is 1. The van der Waals surface area contributed by atoms with Crippen LogP contribution >= 0.6 is 34.8 Å². The van der Waals surface area contributed by atoms with Gasteiger partial charge in [0.15, 0.2) is 0 Å². The zero-order valence-corrected chi connectivity index (χ0v) is 11.7. The summed E-state index contributed by atoms with van der Waals surface area (Å²) in [5.74, 6) is 0. The summed E-state index contributed by atoms with van der Waals surface area (Å²) in [5, 5.41) is 1.63. The number of nitrogens with zero attached hydrogens (tertiary/aromatic N) is 1. The van der Waals surface area contributed by atoms with Crippen molar-refractivity contribution in [3.63, 3.8) is 0 Å². The fourth-order valence-corrected chi connectivity index (χ4v) is 2.83. The van der Waals surface area contributed by atoms with Gasteiger partial charge in [0.1, 0.15) is 0 Å². The van der Waals surface area contributed by atoms with Crippen molar-refractivity contribution in [2.45, 2.75) is 13.8 Å². The Balaban J connectivity index is 2.68. The van der Waals surface area contributed by atoms with E-state index in [-0.39, 0.29) is 0 Å². The molecular weight excluding hydrogens is 277 g/mol. The third-order valence-electron chi connectivity index (χ3n) is 2.38. The zero-order chi connectivity index (χ0) is 12.6. The molecule has 2 aromatic rings. The van der Waals surface area contributed by atoms with E-state index in [9.17, 15) is 0 Å². The van der Waals surface area contributed by atoms with Crippen molar-refractivity contribution < 1.29 is 0 Å². The van der Waals surface area contributed by atoms with Gasteiger partial charge in [-0.2, -0.15) is 0 Å². The smallest absolute Gasteiger partial charge is 0.0514 e. The van der Waals surface area contributed by atoms with Gasteiger partial charge < -0.3 is 0 Å². The second-order valence-corrected chi connectivity index (χ2v) is 5.13. The van der Waals surface area contributed by atoms with Crippen molar-refractivity contribution in [3.05, 3.63) is 50.7 Å². The molecule has 0 N–H and O–H groups in total. The molecule has 1 nitrogen and oxygen atoms in total. The van der Waals surface area contributed by atoms with Gasteiger partial charge in [0.25, 0.3) is 0 Å². The number of hydrogen-bond donors (Lipinski definition) is 0. The standard InChI is InChI=1S/C13H10Cl3N/c1-7-3-9(4-8(2)17-7)13-11(15)5-10(14)6-12(13)16/h3-6H,1-2H3. The molecule has 0 aliphatic heterocycles. The quantitative estimate of drug-likeness (QED) is 0.691. The van der Waals surface area contributed by atoms with Gasteiger partial charge in [-0.1, -0.05) is 34.8 Å². The molecule has 0 radical (unpaired) electrons. The van der Waals surface area contributed by atoms with Crippen LogP contribution in [0.25, 0.3) is 11.1 Å². The average molecular weight is 287 g/mol. The largest absolute Gasteiger partial charge is 0.258 e. The first-order chi connectivity index (χ1) is 7.97. The van der Waals surface area contributed by atoms with Crippen molar-refractivity contribution in [3.8, 4) is 11.1 Å². The predicted molar refractivity (Wildman–Crippen MR) is 74.2 cm³/mol. The van der Waals surface area contributed by atoms with E-state index >= 15 is 0 Å². The highest BCUT2D eigenvalue weighted by Gasteiger charge is 2.11. The van der Waals surface area contributed by atoms with E-state index < -0.39 is 0 Å². The minimum atomic E-state index is 0.534. The lowest BCUT2D eigenvalue weighted by Crippen LogP contribution is -1.89. The van der Waals surface area contributed by atoms with Crippen LogP contribution in [0.5, 0.6) is 0 Å². The Morgan fingerprint density at radius 2 is 1.29 bits per heavy atom. The Hall–Kier alpha value is -0.760. The lowest BCUT2D eigenvalue weighted by Gasteiger charge is -2.09. The molecule has 0 fully saturated rings. The number of aryl methyl sites for hydroxylation is 2. The van der Waals surface area contributed by atoms with E-state index in [1.54, 1.807) is 12.1 Å². The summed E-state index contributed by atoms with van der Waals surface area (Å²) in [6, 6.07) is 7.28. The van der Waals surface area contributed by atoms with E-state index in [1.165, 1.54) is 0 Å². The molecule has 2 rings (SSSR count). The van der Waals surface area contributed by atoms with Gasteiger partial charge in [-0.05, 0) is 43.7 Å². The van der Waals surface area contributed by atoms with Gasteiger partial charge in [-0.15, -0.1) is 0 Å². The van der Waals surface area contributed by atoms with Gasteiger partial charge in [-0.3, -0.25) is 4.98 Å². The SMILES string of the molecule is Cc1cc(-c2c(Cl)cc(Cl)cc2Cl)cc(C)n1. The van der Waals surface area contributed by atoms with Crippen molar-refractivity contribution in [2.24, 2.45) is 0 Å². The van der Waals surface area contributed by atoms with Crippen LogP contribution < -0.4 is 0 Å². The van der Waals surface area contributed by atoms with Gasteiger partial charge >= 0.3 is 0 Å². The van der Waals surface area contributed by atoms with Crippen molar-refractivity contribution >= 4 is 34.8 Å². The average Bonchev–Trinajstić information content (AvgIpc) is 2.13. The summed E-state index contributed by atoms with van der Waals surface area (Å²) in [6.45, 7) is 3.88. The summed E-state index contributed by atoms with van der Waals surface area (Å²) >= 11 is 18.3. The first-order valence-electron chi connectivity index (χ1n) is 5.07. The van der Waals surface area contributed by atoms with E-state index in [0.717, 1.165) is 22.5 Å². The van der Waals surface area contributed by atoms with Crippen molar-refractivity contribution in [2.75, 3.05) is 0 Å². The van der Waals surface area contributed by atoms with Crippen LogP contribution in [0.2, 0.25) is 15.1 Å². The maximum atomic E-state index is 6.18. The molecule has 1 aromatic carbocycles. The van der Waals surface area contributed by atoms with Crippen LogP contribution in [0.15, 0.2) is 24.3 Å². The first kappa shape index (κ1) is 12.7. The Morgan fingerprint density at radius 1 is 0.824 bits per heavy atom. The molecule has 0 unspecified atom stereocenters. The van der Waals surface area contributed by atoms with Crippen LogP contribution in [-0.2, 0) is 0 Å². The summed E-state index contributed by atoms with van der Waals surface area (Å²) in [4.78, 5) is 4.32. The highest BCUT2D eigenvalue weighted by Crippen LogP contribution is 2.37. The lowest BCUT2D eigenvalue weighted by molar-refractivity contribution is 1.12. The predicted octanol–water partition coefficient (Wildman–Crippen LogP) is 5.33. The Morgan fingerprint density at radius 3 is 1.76 bits per heavy atom. The van der Waals surface area contributed by atoms with E-state index in [1.807, 2.05) is 26.0 Å². The fourth-order valence-electron chi connectivity index (χ4n) is 1.80. The van der Waals surface area contributed by atoms with Gasteiger partial charge in [0.05, 0.1) is 10.0 Å². The first-order valence-corrected chi connectivity index (χ1v) is 6.21. The van der Waals surface area contributed by atoms with Crippen molar-refractivity contribution in [1.82, 2.24) is 4.98 Å². The Kier molecular flexibility index (Phi) is 3.62. The maximum Gasteiger partial charge on any atom is 0.0514 e. The third-order valence-corrected chi connectivity index (χ3v) is 3.19. The minimum Gasteiger partial charge on any atom is -0.258 e. The van der Waals surface area contributed by atoms with Gasteiger partial charge in [0, 0.05) is 22.0 Å². The maximum absolute atomic E-state index is 6.18. The highest BCUT2D eigenvalue weighted by atomic mass is 35.5. The number of rotatable bonds is 1. The van der Waals surface area contributed by atoms with Crippen LogP contribution in [-0.4, -0.2) is 4.98 Å². The molecule has 88 valence electrons. The summed E-state index contributed by atoms with van der Waals surface area (Å²) in [7, 11) is 0. The Bertz CT molecular complexity index is 536. The number of halogens is 3. The Labute approximate surface area is 115 Å². The van der Waals surface area contributed by atoms with Crippen molar-refractivity contribution in [1.29, 1.82) is 0 Å². The van der Waals surface area contributed by atoms with Crippen LogP contribution in [0.3, 0.4) is 0 Å². The second kappa shape index (κ2) is 4.85. The topological polar surface area (TPSA) is 12.9 Å². The molecule has 1 heterocycles. The summed E-state index contributed by atoms with van der Waals surface area (Å²) < 4.78 is 0. The molecule has 17 heavy (non-hydrogen) atoms. The monoisotopic (exact) mass is 285 g/mol. The molecule has 4 heteroatoms. The fraction of sp³-hybridized carbons (Fsp3) is 0.154. The molecule has 0 atom stereocenters. The molecule has 0 amide bonds. The molecule has 0 spiro atoms. The normalized spacial score (nSPS) is 10.6. The molecular formula is C13H10Cl3N. The van der Waals surface area contributed by atoms with Gasteiger partial charge in [-0.25, -0.2) is 0 Å². The molecule has 0 aliphatic carbocycles. The number of hydrogen-bond acceptors (Lipinski definition) is 1. The number of aromatic nitrogens is 1. The molecule has 0 saturated carbocycles. The highest BCUT2D eigenvalue weighted by molar-refractivity contribution is 6.41. The van der Waals surface area contributed by atoms with Crippen LogP contribution in [0.1, 0.15) is 11.4 Å². The van der Waals surface area contributed by atoms with E-state index in [4.69, 9.17) is 34.8 Å². The second-order valence-electron chi connectivity index (χ2n) is 3.88. The van der Waals surface area contributed by atoms with E-state index in [0.29, 0.717) is 15.1 Å². The lowest BCUT2D eigenvalue weighted by atomic mass is 10.0. The molecule has 1 aromatic heterocycles. The van der Waals surface area contributed by atoms with Crippen LogP contribution in [0, 0.1) is 13.8 Å². The minimum absolute atomic E-state index is 0.534. The third kappa shape index (κ3) is 2.74. The molecule has 0 aliphatic rings. The van der Waals surface area contributed by atoms with Crippen LogP contribution in [0.4, 0.5) is 0 Å². The molecule has 0 saturated heterocycles. The molecule has 0 bridgehead atoms. The summed E-state index contributed by atoms with van der Waals surface area (Å²) in [6.07, 6.45) is 0. The number of pyridine rings is 1. The summed E-state index contributed by atoms with van der Waals surface area (Å²) in [5.41, 5.74) is 3.62. The zero-order valence-electron chi connectivity index (χ0n) is 9.39.